The first-order chi connectivity index (χ1) is 15.1. The number of hydrogen-bond donors (Lipinski definition) is 2. The summed E-state index contributed by atoms with van der Waals surface area (Å²) in [6.07, 6.45) is 1.62. The first kappa shape index (κ1) is 20.9. The normalized spacial score (nSPS) is 15.5. The zero-order valence-electron chi connectivity index (χ0n) is 16.9. The van der Waals surface area contributed by atoms with Gasteiger partial charge in [-0.25, -0.2) is 13.6 Å². The van der Waals surface area contributed by atoms with E-state index in [9.17, 15) is 13.6 Å². The lowest BCUT2D eigenvalue weighted by Crippen LogP contribution is -2.50. The topological polar surface area (TPSA) is 60.8 Å². The number of carbonyl (C=O) groups excluding carboxylic acids is 1. The Balaban J connectivity index is 1.35. The second-order valence-electron chi connectivity index (χ2n) is 7.37. The molecule has 1 aliphatic rings. The minimum Gasteiger partial charge on any atom is -0.468 e. The van der Waals surface area contributed by atoms with Crippen molar-refractivity contribution in [2.75, 3.05) is 42.9 Å². The number of nitrogens with one attached hydrogen (secondary N) is 2. The summed E-state index contributed by atoms with van der Waals surface area (Å²) in [5.41, 5.74) is 1.51. The van der Waals surface area contributed by atoms with Crippen molar-refractivity contribution in [3.8, 4) is 0 Å². The van der Waals surface area contributed by atoms with Crippen molar-refractivity contribution < 1.29 is 18.0 Å². The Hall–Kier alpha value is -3.39. The van der Waals surface area contributed by atoms with Gasteiger partial charge in [-0.15, -0.1) is 0 Å². The first-order valence-corrected chi connectivity index (χ1v) is 10.2. The number of halogens is 2. The predicted molar refractivity (Wildman–Crippen MR) is 115 cm³/mol. The summed E-state index contributed by atoms with van der Waals surface area (Å²) in [5.74, 6) is 0.172. The van der Waals surface area contributed by atoms with E-state index in [2.05, 4.69) is 20.4 Å². The largest absolute Gasteiger partial charge is 0.468 e. The molecule has 0 saturated carbocycles. The lowest BCUT2D eigenvalue weighted by atomic mass is 10.1. The van der Waals surface area contributed by atoms with Gasteiger partial charge in [0.15, 0.2) is 0 Å². The number of anilines is 2. The minimum absolute atomic E-state index is 0.121. The molecule has 1 atom stereocenters. The van der Waals surface area contributed by atoms with Gasteiger partial charge in [0.2, 0.25) is 0 Å². The van der Waals surface area contributed by atoms with Gasteiger partial charge in [0.25, 0.3) is 0 Å². The summed E-state index contributed by atoms with van der Waals surface area (Å²) in [6.45, 7) is 3.46. The Labute approximate surface area is 179 Å². The Bertz CT molecular complexity index is 970. The zero-order chi connectivity index (χ0) is 21.6. The first-order valence-electron chi connectivity index (χ1n) is 10.2. The van der Waals surface area contributed by atoms with Crippen LogP contribution in [-0.2, 0) is 0 Å². The molecule has 1 unspecified atom stereocenters. The van der Waals surface area contributed by atoms with E-state index in [1.807, 2.05) is 12.1 Å². The van der Waals surface area contributed by atoms with Crippen LogP contribution in [0.1, 0.15) is 11.8 Å². The molecule has 31 heavy (non-hydrogen) atoms. The van der Waals surface area contributed by atoms with Crippen molar-refractivity contribution in [1.82, 2.24) is 10.2 Å². The number of amides is 2. The van der Waals surface area contributed by atoms with Gasteiger partial charge in [-0.3, -0.25) is 4.90 Å². The number of hydrogen-bond acceptors (Lipinski definition) is 4. The van der Waals surface area contributed by atoms with Crippen molar-refractivity contribution in [1.29, 1.82) is 0 Å². The molecule has 1 saturated heterocycles. The molecule has 3 aromatic rings. The Morgan fingerprint density at radius 1 is 0.935 bits per heavy atom. The maximum Gasteiger partial charge on any atom is 0.319 e. The number of rotatable bonds is 6. The van der Waals surface area contributed by atoms with Crippen molar-refractivity contribution in [3.05, 3.63) is 84.3 Å². The van der Waals surface area contributed by atoms with Gasteiger partial charge in [0.1, 0.15) is 17.4 Å². The van der Waals surface area contributed by atoms with Gasteiger partial charge >= 0.3 is 6.03 Å². The van der Waals surface area contributed by atoms with E-state index in [0.717, 1.165) is 37.6 Å². The van der Waals surface area contributed by atoms with Crippen molar-refractivity contribution in [2.45, 2.75) is 6.04 Å². The minimum atomic E-state index is -0.367. The number of urea groups is 1. The molecule has 1 fully saturated rings. The van der Waals surface area contributed by atoms with Crippen LogP contribution < -0.4 is 15.5 Å². The summed E-state index contributed by atoms with van der Waals surface area (Å²) >= 11 is 0. The van der Waals surface area contributed by atoms with Gasteiger partial charge in [-0.05, 0) is 60.7 Å². The van der Waals surface area contributed by atoms with Crippen LogP contribution in [-0.4, -0.2) is 43.7 Å². The van der Waals surface area contributed by atoms with Gasteiger partial charge in [-0.2, -0.15) is 0 Å². The average molecular weight is 426 g/mol. The van der Waals surface area contributed by atoms with E-state index in [0.29, 0.717) is 12.2 Å². The molecule has 0 radical (unpaired) electrons. The molecule has 162 valence electrons. The zero-order valence-corrected chi connectivity index (χ0v) is 16.9. The fourth-order valence-electron chi connectivity index (χ4n) is 3.73. The van der Waals surface area contributed by atoms with E-state index in [1.54, 1.807) is 18.4 Å². The van der Waals surface area contributed by atoms with Crippen LogP contribution in [0, 0.1) is 11.6 Å². The predicted octanol–water partition coefficient (Wildman–Crippen LogP) is 4.24. The second kappa shape index (κ2) is 9.61. The van der Waals surface area contributed by atoms with Crippen LogP contribution in [0.25, 0.3) is 0 Å². The molecule has 2 N–H and O–H groups in total. The summed E-state index contributed by atoms with van der Waals surface area (Å²) in [7, 11) is 0. The fraction of sp³-hybridized carbons (Fsp3) is 0.261. The molecule has 6 nitrogen and oxygen atoms in total. The van der Waals surface area contributed by atoms with Gasteiger partial charge in [-0.1, -0.05) is 0 Å². The lowest BCUT2D eigenvalue weighted by Gasteiger charge is -2.39. The lowest BCUT2D eigenvalue weighted by molar-refractivity contribution is 0.162. The van der Waals surface area contributed by atoms with Crippen molar-refractivity contribution >= 4 is 17.4 Å². The highest BCUT2D eigenvalue weighted by Crippen LogP contribution is 2.24. The average Bonchev–Trinajstić information content (AvgIpc) is 3.31. The molecule has 0 aliphatic carbocycles. The summed E-state index contributed by atoms with van der Waals surface area (Å²) in [5, 5.41) is 5.58. The standard InChI is InChI=1S/C23H24F2N4O2/c24-17-3-7-19(8-4-17)27-23(30)26-16-21(22-2-1-15-31-22)29-13-11-28(12-14-29)20-9-5-18(25)6-10-20/h1-10,15,21H,11-14,16H2,(H2,26,27,30). The summed E-state index contributed by atoms with van der Waals surface area (Å²) in [6, 6.07) is 15.4. The molecule has 0 spiro atoms. The van der Waals surface area contributed by atoms with E-state index in [4.69, 9.17) is 4.42 Å². The number of nitrogens with zero attached hydrogens (tertiary/aromatic N) is 2. The van der Waals surface area contributed by atoms with Crippen molar-refractivity contribution in [3.63, 3.8) is 0 Å². The number of carbonyl (C=O) groups is 1. The van der Waals surface area contributed by atoms with Crippen molar-refractivity contribution in [2.24, 2.45) is 0 Å². The van der Waals surface area contributed by atoms with Crippen LogP contribution in [0.2, 0.25) is 0 Å². The molecule has 0 bridgehead atoms. The molecule has 4 rings (SSSR count). The molecule has 8 heteroatoms. The van der Waals surface area contributed by atoms with Gasteiger partial charge < -0.3 is 20.0 Å². The monoisotopic (exact) mass is 426 g/mol. The molecule has 2 heterocycles. The Kier molecular flexibility index (Phi) is 6.47. The fourth-order valence-corrected chi connectivity index (χ4v) is 3.73. The summed E-state index contributed by atoms with van der Waals surface area (Å²) < 4.78 is 31.8. The highest BCUT2D eigenvalue weighted by Gasteiger charge is 2.27. The van der Waals surface area contributed by atoms with E-state index in [1.165, 1.54) is 36.4 Å². The number of benzene rings is 2. The molecule has 1 aromatic heterocycles. The highest BCUT2D eigenvalue weighted by atomic mass is 19.1. The third kappa shape index (κ3) is 5.40. The number of piperazine rings is 1. The SMILES string of the molecule is O=C(NCC(c1ccco1)N1CCN(c2ccc(F)cc2)CC1)Nc1ccc(F)cc1. The quantitative estimate of drug-likeness (QED) is 0.619. The Morgan fingerprint density at radius 2 is 1.58 bits per heavy atom. The van der Waals surface area contributed by atoms with E-state index in [-0.39, 0.29) is 23.7 Å². The second-order valence-corrected chi connectivity index (χ2v) is 7.37. The highest BCUT2D eigenvalue weighted by molar-refractivity contribution is 5.89. The van der Waals surface area contributed by atoms with Crippen LogP contribution >= 0.6 is 0 Å². The Morgan fingerprint density at radius 3 is 2.19 bits per heavy atom. The molecule has 2 amide bonds. The maximum atomic E-state index is 13.2. The third-order valence-electron chi connectivity index (χ3n) is 5.38. The van der Waals surface area contributed by atoms with Crippen LogP contribution in [0.5, 0.6) is 0 Å². The molecular formula is C23H24F2N4O2. The molecular weight excluding hydrogens is 402 g/mol. The van der Waals surface area contributed by atoms with E-state index >= 15 is 0 Å². The summed E-state index contributed by atoms with van der Waals surface area (Å²) in [4.78, 5) is 16.8. The molecule has 1 aliphatic heterocycles. The van der Waals surface area contributed by atoms with E-state index < -0.39 is 0 Å². The van der Waals surface area contributed by atoms with Gasteiger partial charge in [0, 0.05) is 44.1 Å². The van der Waals surface area contributed by atoms with Crippen LogP contribution in [0.3, 0.4) is 0 Å². The smallest absolute Gasteiger partial charge is 0.319 e. The maximum absolute atomic E-state index is 13.2. The van der Waals surface area contributed by atoms with Crippen LogP contribution in [0.15, 0.2) is 71.3 Å². The van der Waals surface area contributed by atoms with Crippen LogP contribution in [0.4, 0.5) is 25.0 Å². The molecule has 2 aromatic carbocycles. The third-order valence-corrected chi connectivity index (χ3v) is 5.38. The van der Waals surface area contributed by atoms with Gasteiger partial charge in [0.05, 0.1) is 12.3 Å². The number of furan rings is 1.